The Labute approximate surface area is 189 Å². The minimum Gasteiger partial charge on any atom is -0.385 e. The van der Waals surface area contributed by atoms with Crippen LogP contribution in [-0.4, -0.2) is 43.9 Å². The molecule has 2 aliphatic rings. The van der Waals surface area contributed by atoms with Gasteiger partial charge in [-0.3, -0.25) is 0 Å². The standard InChI is InChI=1S/C24H32ClFN4O/c1-31-11-10-27-17-4-6-18(7-5-17)30-24-13-20(22(25)15-29-24)21-12-19(8-9-23(21)26)28-14-16-2-3-16/h8-9,12-13,15-18,27-28H,2-7,10-11,14H2,1H3,(H,29,30). The Morgan fingerprint density at radius 3 is 2.58 bits per heavy atom. The molecule has 0 bridgehead atoms. The first-order valence-electron chi connectivity index (χ1n) is 11.3. The van der Waals surface area contributed by atoms with Crippen LogP contribution in [0.15, 0.2) is 30.5 Å². The number of methoxy groups -OCH3 is 1. The molecule has 5 nitrogen and oxygen atoms in total. The second-order valence-electron chi connectivity index (χ2n) is 8.71. The van der Waals surface area contributed by atoms with Crippen molar-refractivity contribution in [1.29, 1.82) is 0 Å². The van der Waals surface area contributed by atoms with E-state index in [-0.39, 0.29) is 5.82 Å². The van der Waals surface area contributed by atoms with Crippen LogP contribution in [0.3, 0.4) is 0 Å². The number of ether oxygens (including phenoxy) is 1. The highest BCUT2D eigenvalue weighted by molar-refractivity contribution is 6.33. The molecule has 0 atom stereocenters. The molecule has 0 spiro atoms. The van der Waals surface area contributed by atoms with Crippen molar-refractivity contribution < 1.29 is 9.13 Å². The SMILES string of the molecule is COCCNC1CCC(Nc2cc(-c3cc(NCC4CC4)ccc3F)c(Cl)cn2)CC1. The fourth-order valence-corrected chi connectivity index (χ4v) is 4.37. The first kappa shape index (κ1) is 22.3. The molecule has 2 saturated carbocycles. The largest absolute Gasteiger partial charge is 0.385 e. The summed E-state index contributed by atoms with van der Waals surface area (Å²) in [5.41, 5.74) is 2.09. The third-order valence-corrected chi connectivity index (χ3v) is 6.52. The number of hydrogen-bond donors (Lipinski definition) is 3. The lowest BCUT2D eigenvalue weighted by atomic mass is 9.91. The van der Waals surface area contributed by atoms with Crippen molar-refractivity contribution in [1.82, 2.24) is 10.3 Å². The highest BCUT2D eigenvalue weighted by Gasteiger charge is 2.22. The summed E-state index contributed by atoms with van der Waals surface area (Å²) in [5, 5.41) is 10.9. The lowest BCUT2D eigenvalue weighted by molar-refractivity contribution is 0.191. The van der Waals surface area contributed by atoms with E-state index < -0.39 is 0 Å². The van der Waals surface area contributed by atoms with E-state index in [0.29, 0.717) is 28.2 Å². The summed E-state index contributed by atoms with van der Waals surface area (Å²) in [5.74, 6) is 1.21. The molecular weight excluding hydrogens is 415 g/mol. The van der Waals surface area contributed by atoms with Crippen molar-refractivity contribution in [2.45, 2.75) is 50.6 Å². The summed E-state index contributed by atoms with van der Waals surface area (Å²) < 4.78 is 19.8. The average Bonchev–Trinajstić information content (AvgIpc) is 3.61. The number of aromatic nitrogens is 1. The molecule has 3 N–H and O–H groups in total. The van der Waals surface area contributed by atoms with Gasteiger partial charge in [0.1, 0.15) is 11.6 Å². The fraction of sp³-hybridized carbons (Fsp3) is 0.542. The van der Waals surface area contributed by atoms with Crippen molar-refractivity contribution in [2.75, 3.05) is 37.4 Å². The minimum atomic E-state index is -0.279. The molecule has 1 aromatic heterocycles. The molecule has 0 radical (unpaired) electrons. The molecular formula is C24H32ClFN4O. The number of rotatable bonds is 10. The number of hydrogen-bond acceptors (Lipinski definition) is 5. The van der Waals surface area contributed by atoms with Gasteiger partial charge in [-0.2, -0.15) is 0 Å². The Kier molecular flexibility index (Phi) is 7.64. The van der Waals surface area contributed by atoms with E-state index in [1.165, 1.54) is 18.9 Å². The van der Waals surface area contributed by atoms with Gasteiger partial charge in [0, 0.05) is 55.3 Å². The molecule has 0 unspecified atom stereocenters. The molecule has 2 fully saturated rings. The van der Waals surface area contributed by atoms with Gasteiger partial charge in [0.05, 0.1) is 11.6 Å². The van der Waals surface area contributed by atoms with Crippen LogP contribution in [-0.2, 0) is 4.74 Å². The average molecular weight is 447 g/mol. The summed E-state index contributed by atoms with van der Waals surface area (Å²) in [6.07, 6.45) is 8.53. The number of anilines is 2. The maximum Gasteiger partial charge on any atom is 0.131 e. The lowest BCUT2D eigenvalue weighted by Gasteiger charge is -2.30. The van der Waals surface area contributed by atoms with E-state index in [9.17, 15) is 4.39 Å². The third kappa shape index (κ3) is 6.31. The first-order chi connectivity index (χ1) is 15.1. The van der Waals surface area contributed by atoms with Gasteiger partial charge in [-0.15, -0.1) is 0 Å². The summed E-state index contributed by atoms with van der Waals surface area (Å²) in [7, 11) is 1.72. The number of halogens is 2. The zero-order valence-electron chi connectivity index (χ0n) is 18.1. The van der Waals surface area contributed by atoms with E-state index in [1.807, 2.05) is 12.1 Å². The molecule has 31 heavy (non-hydrogen) atoms. The molecule has 0 saturated heterocycles. The van der Waals surface area contributed by atoms with Gasteiger partial charge >= 0.3 is 0 Å². The highest BCUT2D eigenvalue weighted by Crippen LogP contribution is 2.34. The summed E-state index contributed by atoms with van der Waals surface area (Å²) in [6.45, 7) is 2.57. The molecule has 2 aliphatic carbocycles. The van der Waals surface area contributed by atoms with Gasteiger partial charge in [0.15, 0.2) is 0 Å². The Morgan fingerprint density at radius 1 is 1.06 bits per heavy atom. The summed E-state index contributed by atoms with van der Waals surface area (Å²) in [4.78, 5) is 4.44. The van der Waals surface area contributed by atoms with Gasteiger partial charge < -0.3 is 20.7 Å². The second kappa shape index (κ2) is 10.6. The van der Waals surface area contributed by atoms with Crippen LogP contribution < -0.4 is 16.0 Å². The molecule has 0 aliphatic heterocycles. The quantitative estimate of drug-likeness (QED) is 0.431. The van der Waals surface area contributed by atoms with Gasteiger partial charge in [-0.1, -0.05) is 11.6 Å². The number of benzene rings is 1. The van der Waals surface area contributed by atoms with E-state index in [1.54, 1.807) is 19.4 Å². The van der Waals surface area contributed by atoms with Crippen LogP contribution >= 0.6 is 11.6 Å². The third-order valence-electron chi connectivity index (χ3n) is 6.22. The predicted octanol–water partition coefficient (Wildman–Crippen LogP) is 5.32. The van der Waals surface area contributed by atoms with Crippen molar-refractivity contribution in [3.63, 3.8) is 0 Å². The predicted molar refractivity (Wildman–Crippen MR) is 125 cm³/mol. The van der Waals surface area contributed by atoms with Crippen molar-refractivity contribution >= 4 is 23.1 Å². The van der Waals surface area contributed by atoms with Crippen LogP contribution in [0.1, 0.15) is 38.5 Å². The van der Waals surface area contributed by atoms with Gasteiger partial charge in [-0.25, -0.2) is 9.37 Å². The van der Waals surface area contributed by atoms with Gasteiger partial charge in [-0.05, 0) is 68.7 Å². The Morgan fingerprint density at radius 2 is 1.84 bits per heavy atom. The molecule has 1 heterocycles. The highest BCUT2D eigenvalue weighted by atomic mass is 35.5. The normalized spacial score (nSPS) is 21.1. The van der Waals surface area contributed by atoms with Crippen molar-refractivity contribution in [3.8, 4) is 11.1 Å². The Hall–Kier alpha value is -1.89. The zero-order chi connectivity index (χ0) is 21.6. The van der Waals surface area contributed by atoms with Crippen molar-refractivity contribution in [2.24, 2.45) is 5.92 Å². The number of nitrogens with zero attached hydrogens (tertiary/aromatic N) is 1. The molecule has 0 amide bonds. The smallest absolute Gasteiger partial charge is 0.131 e. The van der Waals surface area contributed by atoms with Crippen LogP contribution in [0.25, 0.3) is 11.1 Å². The monoisotopic (exact) mass is 446 g/mol. The van der Waals surface area contributed by atoms with Crippen molar-refractivity contribution in [3.05, 3.63) is 41.3 Å². The minimum absolute atomic E-state index is 0.279. The van der Waals surface area contributed by atoms with E-state index >= 15 is 0 Å². The maximum absolute atomic E-state index is 14.7. The van der Waals surface area contributed by atoms with Crippen LogP contribution in [0, 0.1) is 11.7 Å². The number of pyridine rings is 1. The van der Waals surface area contributed by atoms with Crippen LogP contribution in [0.5, 0.6) is 0 Å². The lowest BCUT2D eigenvalue weighted by Crippen LogP contribution is -2.38. The zero-order valence-corrected chi connectivity index (χ0v) is 18.9. The van der Waals surface area contributed by atoms with Gasteiger partial charge in [0.25, 0.3) is 0 Å². The second-order valence-corrected chi connectivity index (χ2v) is 9.12. The summed E-state index contributed by atoms with van der Waals surface area (Å²) >= 11 is 6.42. The van der Waals surface area contributed by atoms with Gasteiger partial charge in [0.2, 0.25) is 0 Å². The molecule has 7 heteroatoms. The first-order valence-corrected chi connectivity index (χ1v) is 11.7. The molecule has 4 rings (SSSR count). The summed E-state index contributed by atoms with van der Waals surface area (Å²) in [6, 6.07) is 7.91. The molecule has 2 aromatic rings. The van der Waals surface area contributed by atoms with E-state index in [4.69, 9.17) is 16.3 Å². The Bertz CT molecular complexity index is 869. The maximum atomic E-state index is 14.7. The van der Waals surface area contributed by atoms with Crippen LogP contribution in [0.2, 0.25) is 5.02 Å². The van der Waals surface area contributed by atoms with Crippen LogP contribution in [0.4, 0.5) is 15.9 Å². The molecule has 168 valence electrons. The van der Waals surface area contributed by atoms with E-state index in [2.05, 4.69) is 20.9 Å². The fourth-order valence-electron chi connectivity index (χ4n) is 4.17. The van der Waals surface area contributed by atoms with E-state index in [0.717, 1.165) is 62.8 Å². The topological polar surface area (TPSA) is 58.2 Å². The Balaban J connectivity index is 1.40. The molecule has 1 aromatic carbocycles. The number of nitrogens with one attached hydrogen (secondary N) is 3.